The van der Waals surface area contributed by atoms with E-state index >= 15 is 0 Å². The van der Waals surface area contributed by atoms with Crippen LogP contribution in [0.2, 0.25) is 0 Å². The summed E-state index contributed by atoms with van der Waals surface area (Å²) in [5.41, 5.74) is 6.61. The van der Waals surface area contributed by atoms with Gasteiger partial charge in [-0.1, -0.05) is 54.8 Å². The van der Waals surface area contributed by atoms with Gasteiger partial charge in [-0.15, -0.1) is 0 Å². The van der Waals surface area contributed by atoms with Gasteiger partial charge in [0.05, 0.1) is 0 Å². The number of hydrogen-bond donors (Lipinski definition) is 2. The van der Waals surface area contributed by atoms with E-state index in [9.17, 15) is 0 Å². The Hall–Kier alpha value is -1.00. The van der Waals surface area contributed by atoms with Crippen LogP contribution in [0.3, 0.4) is 0 Å². The van der Waals surface area contributed by atoms with Crippen molar-refractivity contribution < 1.29 is 0 Å². The van der Waals surface area contributed by atoms with E-state index in [0.717, 1.165) is 13.0 Å². The lowest BCUT2D eigenvalue weighted by Crippen LogP contribution is -2.34. The minimum Gasteiger partial charge on any atom is -0.388 e. The first-order valence-electron chi connectivity index (χ1n) is 4.31. The van der Waals surface area contributed by atoms with Crippen LogP contribution in [-0.2, 0) is 6.42 Å². The molecular weight excluding hydrogens is 212 g/mol. The molecule has 0 atom stereocenters. The summed E-state index contributed by atoms with van der Waals surface area (Å²) in [4.78, 5) is 0.726. The highest BCUT2D eigenvalue weighted by atomic mass is 32.1. The van der Waals surface area contributed by atoms with E-state index < -0.39 is 0 Å². The highest BCUT2D eigenvalue weighted by Crippen LogP contribution is 1.97. The van der Waals surface area contributed by atoms with Gasteiger partial charge >= 0.3 is 0 Å². The van der Waals surface area contributed by atoms with Gasteiger partial charge in [0.15, 0.2) is 0 Å². The Morgan fingerprint density at radius 3 is 2.43 bits per heavy atom. The number of nitrogens with two attached hydrogens (primary N) is 1. The topological polar surface area (TPSA) is 38.0 Å². The number of rotatable bonds is 3. The third-order valence-electron chi connectivity index (χ3n) is 1.77. The third-order valence-corrected chi connectivity index (χ3v) is 2.46. The molecule has 0 saturated heterocycles. The summed E-state index contributed by atoms with van der Waals surface area (Å²) in [6, 6.07) is 10.2. The molecule has 3 N–H and O–H groups in total. The maximum atomic E-state index is 5.34. The summed E-state index contributed by atoms with van der Waals surface area (Å²) in [6.45, 7) is 0.764. The van der Waals surface area contributed by atoms with Gasteiger partial charge in [0.25, 0.3) is 0 Å². The molecule has 0 amide bonds. The molecule has 0 heterocycles. The normalized spacial score (nSPS) is 9.43. The van der Waals surface area contributed by atoms with Gasteiger partial charge in [0, 0.05) is 6.54 Å². The Bertz CT molecular complexity index is 322. The minimum absolute atomic E-state index is 0.257. The SMILES string of the molecule is NC(=S)C(=S)NCCc1ccccc1. The molecule has 0 aliphatic heterocycles. The molecule has 1 aromatic rings. The second-order valence-corrected chi connectivity index (χ2v) is 3.70. The van der Waals surface area contributed by atoms with E-state index in [1.165, 1.54) is 5.56 Å². The smallest absolute Gasteiger partial charge is 0.133 e. The average molecular weight is 224 g/mol. The summed E-state index contributed by atoms with van der Waals surface area (Å²) >= 11 is 9.64. The molecule has 1 aromatic carbocycles. The van der Waals surface area contributed by atoms with Crippen molar-refractivity contribution in [3.63, 3.8) is 0 Å². The maximum absolute atomic E-state index is 5.34. The first-order valence-corrected chi connectivity index (χ1v) is 5.13. The molecule has 0 bridgehead atoms. The van der Waals surface area contributed by atoms with Crippen molar-refractivity contribution in [2.45, 2.75) is 6.42 Å². The van der Waals surface area contributed by atoms with Gasteiger partial charge < -0.3 is 11.1 Å². The fraction of sp³-hybridized carbons (Fsp3) is 0.200. The van der Waals surface area contributed by atoms with Crippen molar-refractivity contribution in [2.75, 3.05) is 6.54 Å². The van der Waals surface area contributed by atoms with Crippen molar-refractivity contribution in [2.24, 2.45) is 5.73 Å². The molecule has 0 aliphatic rings. The first-order chi connectivity index (χ1) is 6.70. The largest absolute Gasteiger partial charge is 0.388 e. The minimum atomic E-state index is 0.257. The van der Waals surface area contributed by atoms with Crippen molar-refractivity contribution in [3.8, 4) is 0 Å². The van der Waals surface area contributed by atoms with Crippen LogP contribution in [0.5, 0.6) is 0 Å². The lowest BCUT2D eigenvalue weighted by Gasteiger charge is -2.05. The molecule has 1 rings (SSSR count). The van der Waals surface area contributed by atoms with Crippen LogP contribution >= 0.6 is 24.4 Å². The second kappa shape index (κ2) is 5.67. The van der Waals surface area contributed by atoms with E-state index in [0.29, 0.717) is 4.99 Å². The number of nitrogens with one attached hydrogen (secondary N) is 1. The van der Waals surface area contributed by atoms with Gasteiger partial charge in [0.1, 0.15) is 9.98 Å². The number of thiocarbonyl (C=S) groups is 2. The fourth-order valence-electron chi connectivity index (χ4n) is 1.05. The van der Waals surface area contributed by atoms with E-state index in [-0.39, 0.29) is 4.99 Å². The van der Waals surface area contributed by atoms with E-state index in [4.69, 9.17) is 30.2 Å². The first kappa shape index (κ1) is 11.1. The average Bonchev–Trinajstić information content (AvgIpc) is 2.19. The zero-order valence-corrected chi connectivity index (χ0v) is 9.33. The molecule has 0 unspecified atom stereocenters. The number of benzene rings is 1. The molecule has 14 heavy (non-hydrogen) atoms. The van der Waals surface area contributed by atoms with Gasteiger partial charge in [0.2, 0.25) is 0 Å². The molecule has 0 spiro atoms. The molecule has 4 heteroatoms. The van der Waals surface area contributed by atoms with Crippen LogP contribution in [-0.4, -0.2) is 16.5 Å². The maximum Gasteiger partial charge on any atom is 0.133 e. The molecule has 0 saturated carbocycles. The van der Waals surface area contributed by atoms with Crippen LogP contribution in [0.4, 0.5) is 0 Å². The fourth-order valence-corrected chi connectivity index (χ4v) is 1.23. The highest BCUT2D eigenvalue weighted by molar-refractivity contribution is 7.89. The third kappa shape index (κ3) is 3.81. The van der Waals surface area contributed by atoms with Gasteiger partial charge in [-0.2, -0.15) is 0 Å². The van der Waals surface area contributed by atoms with Crippen LogP contribution < -0.4 is 11.1 Å². The predicted octanol–water partition coefficient (Wildman–Crippen LogP) is 1.43. The Morgan fingerprint density at radius 2 is 1.86 bits per heavy atom. The van der Waals surface area contributed by atoms with Gasteiger partial charge in [-0.3, -0.25) is 0 Å². The lowest BCUT2D eigenvalue weighted by atomic mass is 10.1. The zero-order valence-electron chi connectivity index (χ0n) is 7.69. The summed E-state index contributed by atoms with van der Waals surface area (Å²) in [6.07, 6.45) is 0.920. The standard InChI is InChI=1S/C10H12N2S2/c11-9(13)10(14)12-7-6-8-4-2-1-3-5-8/h1-5H,6-7H2,(H2,11,13)(H,12,14). The van der Waals surface area contributed by atoms with Crippen molar-refractivity contribution in [3.05, 3.63) is 35.9 Å². The quantitative estimate of drug-likeness (QED) is 0.762. The van der Waals surface area contributed by atoms with Crippen LogP contribution in [0, 0.1) is 0 Å². The van der Waals surface area contributed by atoms with Gasteiger partial charge in [-0.25, -0.2) is 0 Å². The Labute approximate surface area is 94.5 Å². The lowest BCUT2D eigenvalue weighted by molar-refractivity contribution is 0.880. The van der Waals surface area contributed by atoms with Crippen molar-refractivity contribution in [1.29, 1.82) is 0 Å². The van der Waals surface area contributed by atoms with Crippen molar-refractivity contribution >= 4 is 34.4 Å². The van der Waals surface area contributed by atoms with Gasteiger partial charge in [-0.05, 0) is 12.0 Å². The molecule has 0 aromatic heterocycles. The monoisotopic (exact) mass is 224 g/mol. The van der Waals surface area contributed by atoms with E-state index in [2.05, 4.69) is 17.4 Å². The molecular formula is C10H12N2S2. The number of hydrogen-bond acceptors (Lipinski definition) is 2. The summed E-state index contributed by atoms with van der Waals surface area (Å²) in [7, 11) is 0. The molecule has 0 aliphatic carbocycles. The summed E-state index contributed by atoms with van der Waals surface area (Å²) < 4.78 is 0. The van der Waals surface area contributed by atoms with Crippen LogP contribution in [0.1, 0.15) is 5.56 Å². The molecule has 2 nitrogen and oxygen atoms in total. The summed E-state index contributed by atoms with van der Waals surface area (Å²) in [5.74, 6) is 0. The predicted molar refractivity (Wildman–Crippen MR) is 67.5 cm³/mol. The van der Waals surface area contributed by atoms with Crippen molar-refractivity contribution in [1.82, 2.24) is 5.32 Å². The zero-order chi connectivity index (χ0) is 10.4. The summed E-state index contributed by atoms with van der Waals surface area (Å²) in [5, 5.41) is 3.00. The molecule has 0 radical (unpaired) electrons. The Morgan fingerprint density at radius 1 is 1.21 bits per heavy atom. The van der Waals surface area contributed by atoms with Crippen LogP contribution in [0.25, 0.3) is 0 Å². The second-order valence-electron chi connectivity index (χ2n) is 2.86. The highest BCUT2D eigenvalue weighted by Gasteiger charge is 1.97. The molecule has 0 fully saturated rings. The Kier molecular flexibility index (Phi) is 4.49. The van der Waals surface area contributed by atoms with E-state index in [1.54, 1.807) is 0 Å². The Balaban J connectivity index is 2.29. The van der Waals surface area contributed by atoms with E-state index in [1.807, 2.05) is 18.2 Å². The molecule has 74 valence electrons. The van der Waals surface area contributed by atoms with Crippen LogP contribution in [0.15, 0.2) is 30.3 Å².